The fraction of sp³-hybridized carbons (Fsp3) is 0.235. The molecule has 1 heterocycles. The van der Waals surface area contributed by atoms with Gasteiger partial charge in [-0.3, -0.25) is 4.79 Å². The molecule has 1 saturated heterocycles. The Labute approximate surface area is 141 Å². The molecule has 108 valence electrons. The van der Waals surface area contributed by atoms with Crippen molar-refractivity contribution in [3.05, 3.63) is 68.6 Å². The molecule has 1 unspecified atom stereocenters. The number of rotatable bonds is 2. The summed E-state index contributed by atoms with van der Waals surface area (Å²) in [5.41, 5.74) is 1.95. The van der Waals surface area contributed by atoms with Gasteiger partial charge in [-0.1, -0.05) is 44.0 Å². The van der Waals surface area contributed by atoms with Crippen molar-refractivity contribution < 1.29 is 4.79 Å². The Kier molecular flexibility index (Phi) is 4.45. The van der Waals surface area contributed by atoms with Gasteiger partial charge in [0.15, 0.2) is 0 Å². The molecule has 21 heavy (non-hydrogen) atoms. The first-order chi connectivity index (χ1) is 10.1. The van der Waals surface area contributed by atoms with Gasteiger partial charge < -0.3 is 4.90 Å². The molecule has 1 amide bonds. The van der Waals surface area contributed by atoms with Gasteiger partial charge >= 0.3 is 0 Å². The van der Waals surface area contributed by atoms with E-state index in [1.165, 1.54) is 5.56 Å². The summed E-state index contributed by atoms with van der Waals surface area (Å²) >= 11 is 6.91. The highest BCUT2D eigenvalue weighted by molar-refractivity contribution is 9.10. The summed E-state index contributed by atoms with van der Waals surface area (Å²) in [5.74, 6) is 0.116. The number of hydrogen-bond donors (Lipinski definition) is 0. The Bertz CT molecular complexity index is 654. The van der Waals surface area contributed by atoms with E-state index in [4.69, 9.17) is 0 Å². The van der Waals surface area contributed by atoms with E-state index in [-0.39, 0.29) is 11.9 Å². The van der Waals surface area contributed by atoms with Crippen molar-refractivity contribution in [1.29, 1.82) is 0 Å². The van der Waals surface area contributed by atoms with E-state index in [0.29, 0.717) is 0 Å². The number of halogens is 2. The van der Waals surface area contributed by atoms with Gasteiger partial charge in [0.05, 0.1) is 6.04 Å². The molecule has 1 fully saturated rings. The van der Waals surface area contributed by atoms with Gasteiger partial charge in [0.2, 0.25) is 0 Å². The summed E-state index contributed by atoms with van der Waals surface area (Å²) in [6, 6.07) is 16.0. The monoisotopic (exact) mass is 407 g/mol. The second kappa shape index (κ2) is 6.32. The Morgan fingerprint density at radius 3 is 2.52 bits per heavy atom. The van der Waals surface area contributed by atoms with Gasteiger partial charge in [-0.15, -0.1) is 0 Å². The fourth-order valence-corrected chi connectivity index (χ4v) is 3.51. The van der Waals surface area contributed by atoms with Crippen LogP contribution in [0.1, 0.15) is 34.8 Å². The van der Waals surface area contributed by atoms with E-state index in [0.717, 1.165) is 33.9 Å². The van der Waals surface area contributed by atoms with Crippen molar-refractivity contribution in [3.63, 3.8) is 0 Å². The maximum Gasteiger partial charge on any atom is 0.254 e. The van der Waals surface area contributed by atoms with E-state index in [1.54, 1.807) is 0 Å². The van der Waals surface area contributed by atoms with Gasteiger partial charge in [0.25, 0.3) is 5.91 Å². The summed E-state index contributed by atoms with van der Waals surface area (Å²) in [4.78, 5) is 14.7. The zero-order valence-electron chi connectivity index (χ0n) is 11.4. The SMILES string of the molecule is O=C(c1ccc(Br)cc1)N1CCCC1c1cccc(Br)c1. The van der Waals surface area contributed by atoms with Gasteiger partial charge in [0.1, 0.15) is 0 Å². The molecule has 1 aliphatic rings. The molecule has 1 atom stereocenters. The molecule has 2 aromatic rings. The minimum Gasteiger partial charge on any atom is -0.332 e. The van der Waals surface area contributed by atoms with Crippen LogP contribution in [0.2, 0.25) is 0 Å². The summed E-state index contributed by atoms with van der Waals surface area (Å²) in [6.45, 7) is 0.825. The Balaban J connectivity index is 1.87. The van der Waals surface area contributed by atoms with Crippen LogP contribution in [-0.2, 0) is 0 Å². The topological polar surface area (TPSA) is 20.3 Å². The highest BCUT2D eigenvalue weighted by Gasteiger charge is 2.30. The molecule has 2 aromatic carbocycles. The molecule has 4 heteroatoms. The average molecular weight is 409 g/mol. The summed E-state index contributed by atoms with van der Waals surface area (Å²) in [5, 5.41) is 0. The smallest absolute Gasteiger partial charge is 0.254 e. The highest BCUT2D eigenvalue weighted by Crippen LogP contribution is 2.34. The molecular weight excluding hydrogens is 394 g/mol. The van der Waals surface area contributed by atoms with Crippen molar-refractivity contribution in [2.75, 3.05) is 6.54 Å². The first-order valence-corrected chi connectivity index (χ1v) is 8.56. The van der Waals surface area contributed by atoms with Crippen LogP contribution in [0.25, 0.3) is 0 Å². The lowest BCUT2D eigenvalue weighted by molar-refractivity contribution is 0.0735. The van der Waals surface area contributed by atoms with E-state index in [9.17, 15) is 4.79 Å². The molecular formula is C17H15Br2NO. The van der Waals surface area contributed by atoms with Crippen LogP contribution >= 0.6 is 31.9 Å². The third-order valence-electron chi connectivity index (χ3n) is 3.84. The molecule has 0 spiro atoms. The first kappa shape index (κ1) is 14.8. The molecule has 1 aliphatic heterocycles. The Hall–Kier alpha value is -1.13. The zero-order valence-corrected chi connectivity index (χ0v) is 14.6. The number of amides is 1. The summed E-state index contributed by atoms with van der Waals surface area (Å²) in [7, 11) is 0. The van der Waals surface area contributed by atoms with Gasteiger partial charge in [-0.05, 0) is 54.8 Å². The van der Waals surface area contributed by atoms with Crippen LogP contribution < -0.4 is 0 Å². The number of hydrogen-bond acceptors (Lipinski definition) is 1. The molecule has 2 nitrogen and oxygen atoms in total. The number of likely N-dealkylation sites (tertiary alicyclic amines) is 1. The lowest BCUT2D eigenvalue weighted by atomic mass is 10.0. The minimum atomic E-state index is 0.116. The predicted octanol–water partition coefficient (Wildman–Crippen LogP) is 5.19. The Morgan fingerprint density at radius 1 is 1.05 bits per heavy atom. The van der Waals surface area contributed by atoms with Crippen molar-refractivity contribution in [3.8, 4) is 0 Å². The normalized spacial score (nSPS) is 18.0. The van der Waals surface area contributed by atoms with E-state index in [1.807, 2.05) is 41.3 Å². The van der Waals surface area contributed by atoms with Crippen molar-refractivity contribution in [1.82, 2.24) is 4.90 Å². The molecule has 0 saturated carbocycles. The second-order valence-electron chi connectivity index (χ2n) is 5.22. The maximum atomic E-state index is 12.7. The van der Waals surface area contributed by atoms with Gasteiger partial charge in [0, 0.05) is 21.1 Å². The van der Waals surface area contributed by atoms with Gasteiger partial charge in [-0.2, -0.15) is 0 Å². The predicted molar refractivity (Wildman–Crippen MR) is 91.3 cm³/mol. The minimum absolute atomic E-state index is 0.116. The Morgan fingerprint density at radius 2 is 1.81 bits per heavy atom. The van der Waals surface area contributed by atoms with Crippen LogP contribution in [0.5, 0.6) is 0 Å². The average Bonchev–Trinajstić information content (AvgIpc) is 2.97. The maximum absolute atomic E-state index is 12.7. The summed E-state index contributed by atoms with van der Waals surface area (Å²) in [6.07, 6.45) is 2.08. The first-order valence-electron chi connectivity index (χ1n) is 6.97. The third kappa shape index (κ3) is 3.22. The van der Waals surface area contributed by atoms with E-state index >= 15 is 0 Å². The van der Waals surface area contributed by atoms with Gasteiger partial charge in [-0.25, -0.2) is 0 Å². The third-order valence-corrected chi connectivity index (χ3v) is 4.86. The molecule has 0 aromatic heterocycles. The molecule has 0 N–H and O–H groups in total. The number of nitrogens with zero attached hydrogens (tertiary/aromatic N) is 1. The van der Waals surface area contributed by atoms with Crippen molar-refractivity contribution >= 4 is 37.8 Å². The second-order valence-corrected chi connectivity index (χ2v) is 7.05. The quantitative estimate of drug-likeness (QED) is 0.669. The fourth-order valence-electron chi connectivity index (χ4n) is 2.83. The summed E-state index contributed by atoms with van der Waals surface area (Å²) < 4.78 is 2.05. The number of carbonyl (C=O) groups excluding carboxylic acids is 1. The molecule has 0 bridgehead atoms. The van der Waals surface area contributed by atoms with E-state index < -0.39 is 0 Å². The number of benzene rings is 2. The van der Waals surface area contributed by atoms with Crippen LogP contribution in [0.4, 0.5) is 0 Å². The van der Waals surface area contributed by atoms with Crippen LogP contribution in [-0.4, -0.2) is 17.4 Å². The van der Waals surface area contributed by atoms with Crippen LogP contribution in [0.3, 0.4) is 0 Å². The van der Waals surface area contributed by atoms with Crippen LogP contribution in [0.15, 0.2) is 57.5 Å². The lowest BCUT2D eigenvalue weighted by Crippen LogP contribution is -2.30. The van der Waals surface area contributed by atoms with Crippen molar-refractivity contribution in [2.24, 2.45) is 0 Å². The molecule has 0 aliphatic carbocycles. The number of carbonyl (C=O) groups is 1. The van der Waals surface area contributed by atoms with Crippen molar-refractivity contribution in [2.45, 2.75) is 18.9 Å². The van der Waals surface area contributed by atoms with E-state index in [2.05, 4.69) is 44.0 Å². The van der Waals surface area contributed by atoms with Crippen LogP contribution in [0, 0.1) is 0 Å². The lowest BCUT2D eigenvalue weighted by Gasteiger charge is -2.25. The zero-order chi connectivity index (χ0) is 14.8. The largest absolute Gasteiger partial charge is 0.332 e. The molecule has 0 radical (unpaired) electrons. The highest BCUT2D eigenvalue weighted by atomic mass is 79.9. The molecule has 3 rings (SSSR count). The standard InChI is InChI=1S/C17H15Br2NO/c18-14-8-6-12(7-9-14)17(21)20-10-2-5-16(20)13-3-1-4-15(19)11-13/h1,3-4,6-9,11,16H,2,5,10H2.